The summed E-state index contributed by atoms with van der Waals surface area (Å²) in [5.74, 6) is -0.773. The second kappa shape index (κ2) is 3.01. The number of carbonyl (C=O) groups excluding carboxylic acids is 1. The minimum absolute atomic E-state index is 0.244. The van der Waals surface area contributed by atoms with E-state index in [1.54, 1.807) is 6.92 Å². The molecule has 0 aromatic rings. The van der Waals surface area contributed by atoms with Crippen LogP contribution in [0.25, 0.3) is 0 Å². The Balaban J connectivity index is 4.55. The van der Waals surface area contributed by atoms with Crippen LogP contribution in [0.5, 0.6) is 0 Å². The maximum absolute atomic E-state index is 10.7. The molecule has 1 unspecified atom stereocenters. The van der Waals surface area contributed by atoms with Crippen LogP contribution in [0.15, 0.2) is 0 Å². The van der Waals surface area contributed by atoms with E-state index in [9.17, 15) is 13.2 Å². The third-order valence-corrected chi connectivity index (χ3v) is 2.80. The number of carbonyl (C=O) groups is 1. The number of sulfone groups is 1. The van der Waals surface area contributed by atoms with Crippen LogP contribution in [0.4, 0.5) is 0 Å². The average Bonchev–Trinajstić information content (AvgIpc) is 1.60. The quantitative estimate of drug-likeness (QED) is 0.600. The first-order valence-electron chi connectivity index (χ1n) is 2.87. The number of nitrogens with two attached hydrogens (primary N) is 1. The smallest absolute Gasteiger partial charge is 0.235 e. The van der Waals surface area contributed by atoms with E-state index >= 15 is 0 Å². The summed E-state index contributed by atoms with van der Waals surface area (Å²) in [6, 6.07) is 0. The molecule has 0 aliphatic rings. The summed E-state index contributed by atoms with van der Waals surface area (Å²) in [5.41, 5.74) is 4.82. The van der Waals surface area contributed by atoms with Gasteiger partial charge in [0.15, 0.2) is 9.84 Å². The van der Waals surface area contributed by atoms with Crippen molar-refractivity contribution in [2.24, 2.45) is 5.73 Å². The predicted octanol–water partition coefficient (Wildman–Crippen LogP) is -0.705. The third kappa shape index (κ3) is 2.34. The van der Waals surface area contributed by atoms with Crippen LogP contribution in [0, 0.1) is 0 Å². The second-order valence-electron chi connectivity index (χ2n) is 2.13. The Kier molecular flexibility index (Phi) is 2.83. The summed E-state index contributed by atoms with van der Waals surface area (Å²) in [5, 5.41) is -1.02. The number of rotatable bonds is 3. The van der Waals surface area contributed by atoms with Crippen LogP contribution in [-0.2, 0) is 14.6 Å². The molecule has 0 rings (SSSR count). The van der Waals surface area contributed by atoms with E-state index in [2.05, 4.69) is 0 Å². The van der Waals surface area contributed by atoms with Gasteiger partial charge in [-0.2, -0.15) is 0 Å². The van der Waals surface area contributed by atoms with E-state index in [0.717, 1.165) is 6.26 Å². The van der Waals surface area contributed by atoms with Crippen LogP contribution in [-0.4, -0.2) is 25.8 Å². The summed E-state index contributed by atoms with van der Waals surface area (Å²) in [4.78, 5) is 10.4. The normalized spacial score (nSPS) is 14.6. The molecule has 0 aromatic carbocycles. The van der Waals surface area contributed by atoms with Gasteiger partial charge in [0.05, 0.1) is 0 Å². The van der Waals surface area contributed by atoms with Crippen LogP contribution in [0.1, 0.15) is 13.3 Å². The van der Waals surface area contributed by atoms with E-state index < -0.39 is 21.0 Å². The Morgan fingerprint density at radius 3 is 2.00 bits per heavy atom. The molecule has 0 heterocycles. The van der Waals surface area contributed by atoms with Gasteiger partial charge in [0.2, 0.25) is 5.91 Å². The van der Waals surface area contributed by atoms with Crippen LogP contribution < -0.4 is 5.73 Å². The zero-order chi connectivity index (χ0) is 8.36. The van der Waals surface area contributed by atoms with E-state index in [1.165, 1.54) is 0 Å². The summed E-state index contributed by atoms with van der Waals surface area (Å²) in [6.45, 7) is 1.61. The number of primary amides is 1. The topological polar surface area (TPSA) is 77.2 Å². The molecule has 5 heteroatoms. The first-order chi connectivity index (χ1) is 4.39. The summed E-state index contributed by atoms with van der Waals surface area (Å²) >= 11 is 0. The fourth-order valence-corrected chi connectivity index (χ4v) is 1.74. The molecule has 1 atom stereocenters. The fourth-order valence-electron chi connectivity index (χ4n) is 0.715. The largest absolute Gasteiger partial charge is 0.369 e. The van der Waals surface area contributed by atoms with E-state index in [4.69, 9.17) is 5.73 Å². The fraction of sp³-hybridized carbons (Fsp3) is 0.800. The van der Waals surface area contributed by atoms with Gasteiger partial charge in [0.1, 0.15) is 5.25 Å². The minimum Gasteiger partial charge on any atom is -0.369 e. The van der Waals surface area contributed by atoms with Crippen molar-refractivity contribution in [3.8, 4) is 0 Å². The third-order valence-electron chi connectivity index (χ3n) is 1.20. The molecule has 0 radical (unpaired) electrons. The van der Waals surface area contributed by atoms with Crippen molar-refractivity contribution in [3.63, 3.8) is 0 Å². The van der Waals surface area contributed by atoms with Gasteiger partial charge in [-0.05, 0) is 6.42 Å². The lowest BCUT2D eigenvalue weighted by Gasteiger charge is -2.06. The van der Waals surface area contributed by atoms with Crippen molar-refractivity contribution in [2.75, 3.05) is 6.26 Å². The molecule has 0 aliphatic carbocycles. The standard InChI is InChI=1S/C5H11NO3S/c1-3-4(5(6)7)10(2,8)9/h4H,3H2,1-2H3,(H2,6,7). The maximum atomic E-state index is 10.7. The number of hydrogen-bond acceptors (Lipinski definition) is 3. The lowest BCUT2D eigenvalue weighted by Crippen LogP contribution is -2.34. The molecule has 1 amide bonds. The van der Waals surface area contributed by atoms with Crippen molar-refractivity contribution in [1.82, 2.24) is 0 Å². The van der Waals surface area contributed by atoms with Crippen LogP contribution >= 0.6 is 0 Å². The van der Waals surface area contributed by atoms with Crippen molar-refractivity contribution in [1.29, 1.82) is 0 Å². The van der Waals surface area contributed by atoms with Crippen molar-refractivity contribution >= 4 is 15.7 Å². The highest BCUT2D eigenvalue weighted by atomic mass is 32.2. The SMILES string of the molecule is CCC(C(N)=O)S(C)(=O)=O. The molecule has 4 nitrogen and oxygen atoms in total. The molecular formula is C5H11NO3S. The van der Waals surface area contributed by atoms with E-state index in [-0.39, 0.29) is 6.42 Å². The highest BCUT2D eigenvalue weighted by Crippen LogP contribution is 2.01. The van der Waals surface area contributed by atoms with Gasteiger partial charge < -0.3 is 5.73 Å². The van der Waals surface area contributed by atoms with Gasteiger partial charge in [-0.25, -0.2) is 8.42 Å². The van der Waals surface area contributed by atoms with Gasteiger partial charge in [0.25, 0.3) is 0 Å². The van der Waals surface area contributed by atoms with Crippen molar-refractivity contribution < 1.29 is 13.2 Å². The number of hydrogen-bond donors (Lipinski definition) is 1. The monoisotopic (exact) mass is 165 g/mol. The molecule has 2 N–H and O–H groups in total. The highest BCUT2D eigenvalue weighted by Gasteiger charge is 2.23. The Morgan fingerprint density at radius 2 is 2.00 bits per heavy atom. The van der Waals surface area contributed by atoms with Gasteiger partial charge in [-0.3, -0.25) is 4.79 Å². The maximum Gasteiger partial charge on any atom is 0.235 e. The molecule has 0 bridgehead atoms. The summed E-state index contributed by atoms with van der Waals surface area (Å²) in [7, 11) is -3.29. The second-order valence-corrected chi connectivity index (χ2v) is 4.36. The Bertz CT molecular complexity index is 219. The first-order valence-corrected chi connectivity index (χ1v) is 4.83. The molecule has 10 heavy (non-hydrogen) atoms. The van der Waals surface area contributed by atoms with Gasteiger partial charge in [-0.1, -0.05) is 6.92 Å². The van der Waals surface area contributed by atoms with Crippen molar-refractivity contribution in [3.05, 3.63) is 0 Å². The van der Waals surface area contributed by atoms with Gasteiger partial charge >= 0.3 is 0 Å². The Labute approximate surface area is 60.3 Å². The molecule has 0 saturated heterocycles. The first kappa shape index (κ1) is 9.42. The van der Waals surface area contributed by atoms with Gasteiger partial charge in [0, 0.05) is 6.26 Å². The Morgan fingerprint density at radius 1 is 1.60 bits per heavy atom. The zero-order valence-electron chi connectivity index (χ0n) is 5.99. The molecule has 0 aliphatic heterocycles. The van der Waals surface area contributed by atoms with Gasteiger partial charge in [-0.15, -0.1) is 0 Å². The lowest BCUT2D eigenvalue weighted by atomic mass is 10.3. The Hall–Kier alpha value is -0.580. The molecule has 0 saturated carbocycles. The predicted molar refractivity (Wildman–Crippen MR) is 38.1 cm³/mol. The average molecular weight is 165 g/mol. The summed E-state index contributed by atoms with van der Waals surface area (Å²) in [6.07, 6.45) is 1.25. The highest BCUT2D eigenvalue weighted by molar-refractivity contribution is 7.92. The molecule has 60 valence electrons. The van der Waals surface area contributed by atoms with Crippen LogP contribution in [0.2, 0.25) is 0 Å². The minimum atomic E-state index is -3.29. The molecule has 0 aromatic heterocycles. The van der Waals surface area contributed by atoms with Crippen molar-refractivity contribution in [2.45, 2.75) is 18.6 Å². The molecular weight excluding hydrogens is 154 g/mol. The molecule has 0 spiro atoms. The van der Waals surface area contributed by atoms with E-state index in [0.29, 0.717) is 0 Å². The van der Waals surface area contributed by atoms with Crippen LogP contribution in [0.3, 0.4) is 0 Å². The zero-order valence-corrected chi connectivity index (χ0v) is 6.81. The van der Waals surface area contributed by atoms with E-state index in [1.807, 2.05) is 0 Å². The molecule has 0 fully saturated rings. The summed E-state index contributed by atoms with van der Waals surface area (Å²) < 4.78 is 21.4. The lowest BCUT2D eigenvalue weighted by molar-refractivity contribution is -0.117. The number of amides is 1.